The van der Waals surface area contributed by atoms with E-state index in [0.717, 1.165) is 12.8 Å². The van der Waals surface area contributed by atoms with E-state index in [0.29, 0.717) is 19.8 Å². The van der Waals surface area contributed by atoms with E-state index in [9.17, 15) is 5.11 Å². The SMILES string of the molecule is CCOCC(C)(O)CCCOC. The molecule has 3 heteroatoms. The minimum Gasteiger partial charge on any atom is -0.388 e. The summed E-state index contributed by atoms with van der Waals surface area (Å²) in [6.45, 7) is 5.47. The quantitative estimate of drug-likeness (QED) is 0.592. The van der Waals surface area contributed by atoms with Crippen molar-refractivity contribution in [2.24, 2.45) is 0 Å². The Morgan fingerprint density at radius 1 is 1.42 bits per heavy atom. The van der Waals surface area contributed by atoms with E-state index in [-0.39, 0.29) is 0 Å². The summed E-state index contributed by atoms with van der Waals surface area (Å²) in [4.78, 5) is 0. The second-order valence-corrected chi connectivity index (χ2v) is 3.23. The molecule has 0 radical (unpaired) electrons. The minimum atomic E-state index is -0.700. The van der Waals surface area contributed by atoms with E-state index in [1.54, 1.807) is 14.0 Å². The Morgan fingerprint density at radius 3 is 2.58 bits per heavy atom. The van der Waals surface area contributed by atoms with Gasteiger partial charge in [0.05, 0.1) is 12.2 Å². The summed E-state index contributed by atoms with van der Waals surface area (Å²) in [5.74, 6) is 0. The number of aliphatic hydroxyl groups is 1. The molecule has 0 amide bonds. The van der Waals surface area contributed by atoms with Crippen molar-refractivity contribution in [1.82, 2.24) is 0 Å². The van der Waals surface area contributed by atoms with Gasteiger partial charge in [0.2, 0.25) is 0 Å². The highest BCUT2D eigenvalue weighted by Gasteiger charge is 2.19. The Labute approximate surface area is 74.7 Å². The van der Waals surface area contributed by atoms with Crippen LogP contribution in [0.5, 0.6) is 0 Å². The van der Waals surface area contributed by atoms with Crippen LogP contribution >= 0.6 is 0 Å². The summed E-state index contributed by atoms with van der Waals surface area (Å²) in [7, 11) is 1.66. The van der Waals surface area contributed by atoms with E-state index < -0.39 is 5.60 Å². The fraction of sp³-hybridized carbons (Fsp3) is 1.00. The number of rotatable bonds is 7. The number of ether oxygens (including phenoxy) is 2. The number of hydrogen-bond donors (Lipinski definition) is 1. The van der Waals surface area contributed by atoms with Crippen LogP contribution in [0.4, 0.5) is 0 Å². The third kappa shape index (κ3) is 6.58. The molecule has 1 unspecified atom stereocenters. The Hall–Kier alpha value is -0.120. The van der Waals surface area contributed by atoms with Crippen molar-refractivity contribution in [2.45, 2.75) is 32.3 Å². The van der Waals surface area contributed by atoms with E-state index in [1.807, 2.05) is 6.92 Å². The van der Waals surface area contributed by atoms with Crippen LogP contribution in [-0.2, 0) is 9.47 Å². The van der Waals surface area contributed by atoms with Crippen molar-refractivity contribution < 1.29 is 14.6 Å². The fourth-order valence-electron chi connectivity index (χ4n) is 0.991. The Morgan fingerprint density at radius 2 is 2.08 bits per heavy atom. The van der Waals surface area contributed by atoms with Gasteiger partial charge in [0.1, 0.15) is 0 Å². The molecule has 74 valence electrons. The predicted octanol–water partition coefficient (Wildman–Crippen LogP) is 1.20. The third-order valence-corrected chi connectivity index (χ3v) is 1.68. The van der Waals surface area contributed by atoms with Crippen LogP contribution in [0.25, 0.3) is 0 Å². The highest BCUT2D eigenvalue weighted by atomic mass is 16.5. The first kappa shape index (κ1) is 11.9. The lowest BCUT2D eigenvalue weighted by Crippen LogP contribution is -2.30. The average molecular weight is 176 g/mol. The smallest absolute Gasteiger partial charge is 0.0853 e. The van der Waals surface area contributed by atoms with E-state index in [2.05, 4.69) is 0 Å². The molecule has 0 spiro atoms. The molecule has 0 aliphatic rings. The maximum absolute atomic E-state index is 9.69. The first-order valence-corrected chi connectivity index (χ1v) is 4.41. The molecular formula is C9H20O3. The molecule has 0 bridgehead atoms. The van der Waals surface area contributed by atoms with Crippen molar-refractivity contribution in [3.8, 4) is 0 Å². The van der Waals surface area contributed by atoms with Crippen LogP contribution in [-0.4, -0.2) is 37.6 Å². The normalized spacial score (nSPS) is 16.0. The monoisotopic (exact) mass is 176 g/mol. The summed E-state index contributed by atoms with van der Waals surface area (Å²) >= 11 is 0. The van der Waals surface area contributed by atoms with E-state index in [4.69, 9.17) is 9.47 Å². The van der Waals surface area contributed by atoms with Gasteiger partial charge >= 0.3 is 0 Å². The largest absolute Gasteiger partial charge is 0.388 e. The molecule has 0 aromatic carbocycles. The molecule has 0 saturated carbocycles. The maximum atomic E-state index is 9.69. The zero-order valence-corrected chi connectivity index (χ0v) is 8.30. The zero-order valence-electron chi connectivity index (χ0n) is 8.30. The van der Waals surface area contributed by atoms with Gasteiger partial charge in [0.15, 0.2) is 0 Å². The van der Waals surface area contributed by atoms with Crippen LogP contribution in [0.15, 0.2) is 0 Å². The van der Waals surface area contributed by atoms with Gasteiger partial charge in [-0.1, -0.05) is 0 Å². The summed E-state index contributed by atoms with van der Waals surface area (Å²) in [5, 5.41) is 9.69. The predicted molar refractivity (Wildman–Crippen MR) is 48.2 cm³/mol. The number of methoxy groups -OCH3 is 1. The Balaban J connectivity index is 3.42. The second kappa shape index (κ2) is 6.40. The van der Waals surface area contributed by atoms with Crippen molar-refractivity contribution >= 4 is 0 Å². The first-order chi connectivity index (χ1) is 5.62. The van der Waals surface area contributed by atoms with Gasteiger partial charge in [-0.25, -0.2) is 0 Å². The highest BCUT2D eigenvalue weighted by Crippen LogP contribution is 2.12. The minimum absolute atomic E-state index is 0.410. The Kier molecular flexibility index (Phi) is 6.34. The molecule has 0 saturated heterocycles. The number of hydrogen-bond acceptors (Lipinski definition) is 3. The van der Waals surface area contributed by atoms with Crippen LogP contribution in [0.2, 0.25) is 0 Å². The highest BCUT2D eigenvalue weighted by molar-refractivity contribution is 4.71. The summed E-state index contributed by atoms with van der Waals surface area (Å²) in [6, 6.07) is 0. The van der Waals surface area contributed by atoms with E-state index >= 15 is 0 Å². The first-order valence-electron chi connectivity index (χ1n) is 4.41. The third-order valence-electron chi connectivity index (χ3n) is 1.68. The van der Waals surface area contributed by atoms with Gasteiger partial charge in [-0.2, -0.15) is 0 Å². The average Bonchev–Trinajstić information content (AvgIpc) is 2.01. The molecule has 0 rings (SSSR count). The van der Waals surface area contributed by atoms with Crippen molar-refractivity contribution in [1.29, 1.82) is 0 Å². The molecular weight excluding hydrogens is 156 g/mol. The lowest BCUT2D eigenvalue weighted by atomic mass is 10.0. The molecule has 0 aromatic rings. The molecule has 0 aliphatic carbocycles. The maximum Gasteiger partial charge on any atom is 0.0853 e. The van der Waals surface area contributed by atoms with Crippen LogP contribution in [0.1, 0.15) is 26.7 Å². The molecule has 0 aromatic heterocycles. The summed E-state index contributed by atoms with van der Waals surface area (Å²) in [5.41, 5.74) is -0.700. The summed E-state index contributed by atoms with van der Waals surface area (Å²) < 4.78 is 10.0. The van der Waals surface area contributed by atoms with Gasteiger partial charge in [-0.05, 0) is 26.7 Å². The van der Waals surface area contributed by atoms with Crippen molar-refractivity contribution in [3.63, 3.8) is 0 Å². The van der Waals surface area contributed by atoms with Gasteiger partial charge in [-0.3, -0.25) is 0 Å². The molecule has 3 nitrogen and oxygen atoms in total. The lowest BCUT2D eigenvalue weighted by Gasteiger charge is -2.22. The second-order valence-electron chi connectivity index (χ2n) is 3.23. The van der Waals surface area contributed by atoms with Gasteiger partial charge in [-0.15, -0.1) is 0 Å². The standard InChI is InChI=1S/C9H20O3/c1-4-12-8-9(2,10)6-5-7-11-3/h10H,4-8H2,1-3H3. The lowest BCUT2D eigenvalue weighted by molar-refractivity contribution is -0.0394. The molecule has 0 heterocycles. The fourth-order valence-corrected chi connectivity index (χ4v) is 0.991. The van der Waals surface area contributed by atoms with Crippen molar-refractivity contribution in [3.05, 3.63) is 0 Å². The molecule has 12 heavy (non-hydrogen) atoms. The van der Waals surface area contributed by atoms with Gasteiger partial charge in [0.25, 0.3) is 0 Å². The van der Waals surface area contributed by atoms with Crippen molar-refractivity contribution in [2.75, 3.05) is 26.9 Å². The van der Waals surface area contributed by atoms with E-state index in [1.165, 1.54) is 0 Å². The summed E-state index contributed by atoms with van der Waals surface area (Å²) in [6.07, 6.45) is 1.59. The molecule has 0 fully saturated rings. The van der Waals surface area contributed by atoms with Crippen LogP contribution in [0.3, 0.4) is 0 Å². The molecule has 1 N–H and O–H groups in total. The topological polar surface area (TPSA) is 38.7 Å². The zero-order chi connectivity index (χ0) is 9.45. The molecule has 0 aliphatic heterocycles. The van der Waals surface area contributed by atoms with Gasteiger partial charge < -0.3 is 14.6 Å². The van der Waals surface area contributed by atoms with Gasteiger partial charge in [0, 0.05) is 20.3 Å². The van der Waals surface area contributed by atoms with Crippen LogP contribution in [0, 0.1) is 0 Å². The Bertz CT molecular complexity index is 102. The van der Waals surface area contributed by atoms with Crippen LogP contribution < -0.4 is 0 Å². The molecule has 1 atom stereocenters.